The smallest absolute Gasteiger partial charge is 0.323 e. The van der Waals surface area contributed by atoms with Crippen LogP contribution in [0.25, 0.3) is 0 Å². The van der Waals surface area contributed by atoms with Crippen LogP contribution in [0.1, 0.15) is 11.1 Å². The van der Waals surface area contributed by atoms with Gasteiger partial charge < -0.3 is 9.84 Å². The zero-order chi connectivity index (χ0) is 15.4. The number of hydrogen-bond donors (Lipinski definition) is 1. The molecule has 2 heterocycles. The summed E-state index contributed by atoms with van der Waals surface area (Å²) in [7, 11) is 0. The van der Waals surface area contributed by atoms with Crippen LogP contribution >= 0.6 is 0 Å². The summed E-state index contributed by atoms with van der Waals surface area (Å²) in [4.78, 5) is 13.2. The van der Waals surface area contributed by atoms with E-state index in [0.717, 1.165) is 12.1 Å². The van der Waals surface area contributed by atoms with E-state index in [1.54, 1.807) is 6.20 Å². The average molecular weight is 301 g/mol. The van der Waals surface area contributed by atoms with Crippen LogP contribution in [-0.4, -0.2) is 51.6 Å². The molecule has 0 spiro atoms. The van der Waals surface area contributed by atoms with Crippen molar-refractivity contribution in [1.82, 2.24) is 14.7 Å². The van der Waals surface area contributed by atoms with Crippen LogP contribution in [0, 0.1) is 0 Å². The molecule has 1 aliphatic rings. The molecule has 6 heteroatoms. The number of aromatic nitrogens is 2. The summed E-state index contributed by atoms with van der Waals surface area (Å²) in [6.07, 6.45) is 3.69. The minimum Gasteiger partial charge on any atom is -0.480 e. The van der Waals surface area contributed by atoms with Crippen molar-refractivity contribution in [1.29, 1.82) is 0 Å². The van der Waals surface area contributed by atoms with Gasteiger partial charge in [0.25, 0.3) is 0 Å². The fourth-order valence-corrected chi connectivity index (χ4v) is 2.62. The Balaban J connectivity index is 1.63. The zero-order valence-electron chi connectivity index (χ0n) is 12.3. The van der Waals surface area contributed by atoms with Gasteiger partial charge in [-0.2, -0.15) is 5.10 Å². The van der Waals surface area contributed by atoms with E-state index in [-0.39, 0.29) is 6.61 Å². The van der Waals surface area contributed by atoms with Crippen molar-refractivity contribution < 1.29 is 14.6 Å². The molecule has 0 saturated carbocycles. The van der Waals surface area contributed by atoms with E-state index in [0.29, 0.717) is 19.7 Å². The van der Waals surface area contributed by atoms with Crippen LogP contribution in [-0.2, 0) is 22.6 Å². The van der Waals surface area contributed by atoms with Gasteiger partial charge in [0.05, 0.1) is 19.8 Å². The lowest BCUT2D eigenvalue weighted by Gasteiger charge is -2.32. The zero-order valence-corrected chi connectivity index (χ0v) is 12.3. The number of carbonyl (C=O) groups is 1. The highest BCUT2D eigenvalue weighted by Gasteiger charge is 2.28. The number of carboxylic acids is 1. The molecule has 1 aromatic carbocycles. The minimum atomic E-state index is -0.824. The van der Waals surface area contributed by atoms with Crippen molar-refractivity contribution in [2.45, 2.75) is 19.1 Å². The molecule has 22 heavy (non-hydrogen) atoms. The maximum absolute atomic E-state index is 11.3. The highest BCUT2D eigenvalue weighted by atomic mass is 16.5. The molecule has 0 aliphatic carbocycles. The lowest BCUT2D eigenvalue weighted by atomic mass is 10.1. The summed E-state index contributed by atoms with van der Waals surface area (Å²) in [6, 6.07) is 9.57. The summed E-state index contributed by atoms with van der Waals surface area (Å²) in [5.74, 6) is -0.824. The van der Waals surface area contributed by atoms with Crippen LogP contribution in [0.5, 0.6) is 0 Å². The van der Waals surface area contributed by atoms with Gasteiger partial charge in [0, 0.05) is 25.5 Å². The highest BCUT2D eigenvalue weighted by Crippen LogP contribution is 2.14. The third-order valence-corrected chi connectivity index (χ3v) is 3.84. The second-order valence-electron chi connectivity index (χ2n) is 5.42. The number of ether oxygens (including phenoxy) is 1. The van der Waals surface area contributed by atoms with Gasteiger partial charge >= 0.3 is 5.97 Å². The highest BCUT2D eigenvalue weighted by molar-refractivity contribution is 5.73. The van der Waals surface area contributed by atoms with Gasteiger partial charge in [-0.05, 0) is 17.2 Å². The quantitative estimate of drug-likeness (QED) is 0.899. The molecule has 1 N–H and O–H groups in total. The van der Waals surface area contributed by atoms with Crippen LogP contribution in [0.3, 0.4) is 0 Å². The molecule has 1 aromatic heterocycles. The van der Waals surface area contributed by atoms with Crippen molar-refractivity contribution in [3.8, 4) is 0 Å². The molecule has 116 valence electrons. The molecule has 1 saturated heterocycles. The fraction of sp³-hybridized carbons (Fsp3) is 0.375. The van der Waals surface area contributed by atoms with Crippen LogP contribution in [0.4, 0.5) is 0 Å². The Bertz CT molecular complexity index is 610. The SMILES string of the molecule is O=C(O)[C@H]1COCCN1Cc1ccc(Cn2cccn2)cc1. The van der Waals surface area contributed by atoms with E-state index in [9.17, 15) is 9.90 Å². The Morgan fingerprint density at radius 1 is 1.27 bits per heavy atom. The van der Waals surface area contributed by atoms with E-state index in [2.05, 4.69) is 17.2 Å². The molecule has 1 aliphatic heterocycles. The van der Waals surface area contributed by atoms with Crippen molar-refractivity contribution in [2.24, 2.45) is 0 Å². The Kier molecular flexibility index (Phi) is 4.50. The van der Waals surface area contributed by atoms with E-state index in [4.69, 9.17) is 4.74 Å². The van der Waals surface area contributed by atoms with Crippen molar-refractivity contribution in [3.63, 3.8) is 0 Å². The first-order valence-electron chi connectivity index (χ1n) is 7.32. The molecule has 0 amide bonds. The topological polar surface area (TPSA) is 67.6 Å². The second-order valence-corrected chi connectivity index (χ2v) is 5.42. The number of hydrogen-bond acceptors (Lipinski definition) is 4. The number of aliphatic carboxylic acids is 1. The number of rotatable bonds is 5. The molecule has 0 unspecified atom stereocenters. The van der Waals surface area contributed by atoms with Crippen LogP contribution in [0.15, 0.2) is 42.7 Å². The van der Waals surface area contributed by atoms with Gasteiger partial charge in [0.2, 0.25) is 0 Å². The summed E-state index contributed by atoms with van der Waals surface area (Å²) >= 11 is 0. The van der Waals surface area contributed by atoms with Crippen LogP contribution < -0.4 is 0 Å². The van der Waals surface area contributed by atoms with Gasteiger partial charge in [0.1, 0.15) is 6.04 Å². The minimum absolute atomic E-state index is 0.257. The lowest BCUT2D eigenvalue weighted by Crippen LogP contribution is -2.49. The van der Waals surface area contributed by atoms with Gasteiger partial charge in [-0.25, -0.2) is 0 Å². The number of morpholine rings is 1. The van der Waals surface area contributed by atoms with Gasteiger partial charge in [-0.1, -0.05) is 24.3 Å². The largest absolute Gasteiger partial charge is 0.480 e. The summed E-state index contributed by atoms with van der Waals surface area (Å²) in [6.45, 7) is 2.85. The normalized spacial score (nSPS) is 19.2. The Labute approximate surface area is 128 Å². The number of nitrogens with zero attached hydrogens (tertiary/aromatic N) is 3. The molecule has 1 atom stereocenters. The van der Waals surface area contributed by atoms with Gasteiger partial charge in [-0.3, -0.25) is 14.4 Å². The van der Waals surface area contributed by atoms with Crippen molar-refractivity contribution >= 4 is 5.97 Å². The first-order chi connectivity index (χ1) is 10.7. The third-order valence-electron chi connectivity index (χ3n) is 3.84. The molecular formula is C16H19N3O3. The molecule has 3 rings (SSSR count). The lowest BCUT2D eigenvalue weighted by molar-refractivity contribution is -0.150. The van der Waals surface area contributed by atoms with Crippen LogP contribution in [0.2, 0.25) is 0 Å². The molecule has 2 aromatic rings. The average Bonchev–Trinajstić information content (AvgIpc) is 3.02. The third kappa shape index (κ3) is 3.52. The first-order valence-corrected chi connectivity index (χ1v) is 7.32. The molecule has 6 nitrogen and oxygen atoms in total. The Hall–Kier alpha value is -2.18. The fourth-order valence-electron chi connectivity index (χ4n) is 2.62. The van der Waals surface area contributed by atoms with Gasteiger partial charge in [0.15, 0.2) is 0 Å². The maximum atomic E-state index is 11.3. The summed E-state index contributed by atoms with van der Waals surface area (Å²) < 4.78 is 7.13. The van der Waals surface area contributed by atoms with Crippen molar-refractivity contribution in [2.75, 3.05) is 19.8 Å². The molecule has 1 fully saturated rings. The summed E-state index contributed by atoms with van der Waals surface area (Å²) in [5.41, 5.74) is 2.28. The van der Waals surface area contributed by atoms with E-state index < -0.39 is 12.0 Å². The predicted molar refractivity (Wildman–Crippen MR) is 80.4 cm³/mol. The van der Waals surface area contributed by atoms with Gasteiger partial charge in [-0.15, -0.1) is 0 Å². The van der Waals surface area contributed by atoms with E-state index in [1.807, 2.05) is 34.0 Å². The van der Waals surface area contributed by atoms with E-state index >= 15 is 0 Å². The standard InChI is InChI=1S/C16H19N3O3/c20-16(21)15-12-22-9-8-18(15)10-13-2-4-14(5-3-13)11-19-7-1-6-17-19/h1-7,15H,8-12H2,(H,20,21)/t15-/m1/s1. The molecular weight excluding hydrogens is 282 g/mol. The van der Waals surface area contributed by atoms with E-state index in [1.165, 1.54) is 5.56 Å². The second kappa shape index (κ2) is 6.72. The maximum Gasteiger partial charge on any atom is 0.323 e. The number of carboxylic acid groups (broad SMARTS) is 1. The summed E-state index contributed by atoms with van der Waals surface area (Å²) in [5, 5.41) is 13.4. The Morgan fingerprint density at radius 2 is 2.00 bits per heavy atom. The Morgan fingerprint density at radius 3 is 2.64 bits per heavy atom. The predicted octanol–water partition coefficient (Wildman–Crippen LogP) is 1.22. The molecule has 0 radical (unpaired) electrons. The first kappa shape index (κ1) is 14.7. The molecule has 0 bridgehead atoms. The monoisotopic (exact) mass is 301 g/mol. The number of benzene rings is 1. The van der Waals surface area contributed by atoms with Crippen molar-refractivity contribution in [3.05, 3.63) is 53.9 Å².